The topological polar surface area (TPSA) is 17.1 Å². The summed E-state index contributed by atoms with van der Waals surface area (Å²) in [5, 5.41) is 0. The lowest BCUT2D eigenvalue weighted by atomic mass is 9.76. The molecule has 2 aliphatic rings. The zero-order valence-electron chi connectivity index (χ0n) is 17.1. The summed E-state index contributed by atoms with van der Waals surface area (Å²) in [5.74, 6) is 0.691. The number of carbonyl (C=O) groups is 1. The first-order valence-corrected chi connectivity index (χ1v) is 8.82. The highest BCUT2D eigenvalue weighted by atomic mass is 16.1. The smallest absolute Gasteiger partial charge is 0.132 e. The minimum absolute atomic E-state index is 0.196. The standard InChI is InChI=1S/C19H34O/c1-2-3-4-5-16-6-8-17(9-7-16)10-11-18-12-14-19(20)15-13-18/h16-18H,2-15H2,1H3/i12D2,14D2. The van der Waals surface area contributed by atoms with E-state index in [1.165, 1.54) is 51.4 Å². The molecular formula is C19H34O. The first-order valence-electron chi connectivity index (χ1n) is 10.8. The van der Waals surface area contributed by atoms with Gasteiger partial charge in [-0.1, -0.05) is 71.1 Å². The molecule has 0 aromatic heterocycles. The summed E-state index contributed by atoms with van der Waals surface area (Å²) < 4.78 is 31.9. The maximum Gasteiger partial charge on any atom is 0.132 e. The van der Waals surface area contributed by atoms with Gasteiger partial charge in [-0.25, -0.2) is 0 Å². The van der Waals surface area contributed by atoms with E-state index >= 15 is 0 Å². The fourth-order valence-corrected chi connectivity index (χ4v) is 3.77. The third-order valence-corrected chi connectivity index (χ3v) is 5.24. The van der Waals surface area contributed by atoms with Crippen molar-refractivity contribution in [2.24, 2.45) is 17.8 Å². The van der Waals surface area contributed by atoms with Crippen LogP contribution in [0.5, 0.6) is 0 Å². The van der Waals surface area contributed by atoms with E-state index in [1.807, 2.05) is 0 Å². The van der Waals surface area contributed by atoms with Crippen molar-refractivity contribution < 1.29 is 10.3 Å². The zero-order chi connectivity index (χ0) is 17.8. The third-order valence-electron chi connectivity index (χ3n) is 5.24. The van der Waals surface area contributed by atoms with Gasteiger partial charge in [0.1, 0.15) is 5.78 Å². The first-order chi connectivity index (χ1) is 11.3. The maximum absolute atomic E-state index is 11.7. The van der Waals surface area contributed by atoms with E-state index in [2.05, 4.69) is 6.92 Å². The second kappa shape index (κ2) is 8.85. The van der Waals surface area contributed by atoms with Crippen LogP contribution in [0, 0.1) is 17.8 Å². The molecule has 1 atom stereocenters. The van der Waals surface area contributed by atoms with Crippen molar-refractivity contribution >= 4 is 5.78 Å². The highest BCUT2D eigenvalue weighted by molar-refractivity contribution is 5.78. The molecule has 0 heterocycles. The Kier molecular flexibility index (Phi) is 4.98. The van der Waals surface area contributed by atoms with E-state index in [0.29, 0.717) is 12.3 Å². The molecule has 0 radical (unpaired) electrons. The van der Waals surface area contributed by atoms with Crippen LogP contribution in [0.4, 0.5) is 0 Å². The second-order valence-corrected chi connectivity index (χ2v) is 6.89. The van der Waals surface area contributed by atoms with Crippen molar-refractivity contribution in [3.63, 3.8) is 0 Å². The van der Waals surface area contributed by atoms with Gasteiger partial charge in [-0.2, -0.15) is 0 Å². The fraction of sp³-hybridized carbons (Fsp3) is 0.947. The van der Waals surface area contributed by atoms with Gasteiger partial charge in [-0.15, -0.1) is 0 Å². The van der Waals surface area contributed by atoms with Gasteiger partial charge < -0.3 is 0 Å². The number of carbonyl (C=O) groups excluding carboxylic acids is 1. The Balaban J connectivity index is 1.75. The molecule has 0 aliphatic heterocycles. The Hall–Kier alpha value is -0.330. The summed E-state index contributed by atoms with van der Waals surface area (Å²) in [7, 11) is 0. The van der Waals surface area contributed by atoms with Crippen LogP contribution in [-0.4, -0.2) is 5.78 Å². The van der Waals surface area contributed by atoms with E-state index in [1.54, 1.807) is 0 Å². The molecule has 0 N–H and O–H groups in total. The van der Waals surface area contributed by atoms with E-state index in [9.17, 15) is 4.79 Å². The number of hydrogen-bond acceptors (Lipinski definition) is 1. The largest absolute Gasteiger partial charge is 0.300 e. The Labute approximate surface area is 131 Å². The van der Waals surface area contributed by atoms with Gasteiger partial charge in [-0.05, 0) is 30.5 Å². The molecule has 1 heteroatoms. The van der Waals surface area contributed by atoms with Crippen molar-refractivity contribution in [3.8, 4) is 0 Å². The first kappa shape index (κ1) is 11.3. The third kappa shape index (κ3) is 5.58. The van der Waals surface area contributed by atoms with Gasteiger partial charge in [0.25, 0.3) is 0 Å². The molecule has 20 heavy (non-hydrogen) atoms. The predicted molar refractivity (Wildman–Crippen MR) is 85.8 cm³/mol. The van der Waals surface area contributed by atoms with E-state index in [4.69, 9.17) is 5.48 Å². The minimum Gasteiger partial charge on any atom is -0.300 e. The summed E-state index contributed by atoms with van der Waals surface area (Å²) >= 11 is 0. The van der Waals surface area contributed by atoms with Gasteiger partial charge >= 0.3 is 0 Å². The molecule has 2 saturated carbocycles. The molecule has 1 nitrogen and oxygen atoms in total. The number of Topliss-reactive ketones (excluding diaryl/α,β-unsaturated/α-hetero) is 1. The Bertz CT molecular complexity index is 414. The normalized spacial score (nSPS) is 39.5. The number of hydrogen-bond donors (Lipinski definition) is 0. The molecule has 2 aliphatic carbocycles. The highest BCUT2D eigenvalue weighted by Crippen LogP contribution is 2.36. The van der Waals surface area contributed by atoms with Gasteiger partial charge in [0.05, 0.1) is 0 Å². The van der Waals surface area contributed by atoms with Crippen LogP contribution in [0.1, 0.15) is 102 Å². The molecule has 2 rings (SSSR count). The number of rotatable bonds is 7. The summed E-state index contributed by atoms with van der Waals surface area (Å²) in [6.45, 7) is 2.25. The van der Waals surface area contributed by atoms with Crippen LogP contribution in [-0.2, 0) is 4.79 Å². The van der Waals surface area contributed by atoms with Crippen LogP contribution in [0.25, 0.3) is 0 Å². The molecule has 0 bridgehead atoms. The van der Waals surface area contributed by atoms with E-state index in [-0.39, 0.29) is 12.3 Å². The minimum atomic E-state index is -2.31. The molecule has 2 fully saturated rings. The van der Waals surface area contributed by atoms with E-state index in [0.717, 1.165) is 18.8 Å². The van der Waals surface area contributed by atoms with Crippen LogP contribution >= 0.6 is 0 Å². The zero-order valence-corrected chi connectivity index (χ0v) is 13.1. The van der Waals surface area contributed by atoms with Gasteiger partial charge in [0, 0.05) is 18.3 Å². The predicted octanol–water partition coefficient (Wildman–Crippen LogP) is 5.91. The lowest BCUT2D eigenvalue weighted by molar-refractivity contribution is -0.121. The van der Waals surface area contributed by atoms with Crippen molar-refractivity contribution in [1.29, 1.82) is 0 Å². The number of unbranched alkanes of at least 4 members (excludes halogenated alkanes) is 2. The van der Waals surface area contributed by atoms with E-state index < -0.39 is 18.5 Å². The maximum atomic E-state index is 11.7. The van der Waals surface area contributed by atoms with Crippen LogP contribution < -0.4 is 0 Å². The lowest BCUT2D eigenvalue weighted by Gasteiger charge is -2.30. The second-order valence-electron chi connectivity index (χ2n) is 6.89. The van der Waals surface area contributed by atoms with Crippen molar-refractivity contribution in [1.82, 2.24) is 0 Å². The SMILES string of the molecule is [2H]C1([2H])C(=O)CCC(CCC2CCC(CCCCC)CC2)C1([2H])[2H]. The molecule has 0 spiro atoms. The van der Waals surface area contributed by atoms with Gasteiger partial charge in [-0.3, -0.25) is 4.79 Å². The summed E-state index contributed by atoms with van der Waals surface area (Å²) in [6, 6.07) is 0. The average Bonchev–Trinajstić information content (AvgIpc) is 2.54. The molecule has 0 aromatic rings. The van der Waals surface area contributed by atoms with Crippen molar-refractivity contribution in [2.75, 3.05) is 0 Å². The average molecular weight is 283 g/mol. The molecular weight excluding hydrogens is 244 g/mol. The molecule has 0 amide bonds. The summed E-state index contributed by atoms with van der Waals surface area (Å²) in [6.07, 6.45) is 8.58. The van der Waals surface area contributed by atoms with Crippen molar-refractivity contribution in [3.05, 3.63) is 0 Å². The number of ketones is 1. The Morgan fingerprint density at radius 1 is 0.950 bits per heavy atom. The highest BCUT2D eigenvalue weighted by Gasteiger charge is 2.23. The van der Waals surface area contributed by atoms with Gasteiger partial charge in [0.2, 0.25) is 0 Å². The Morgan fingerprint density at radius 2 is 1.60 bits per heavy atom. The fourth-order valence-electron chi connectivity index (χ4n) is 3.77. The van der Waals surface area contributed by atoms with Crippen LogP contribution in [0.2, 0.25) is 0 Å². The monoisotopic (exact) mass is 282 g/mol. The molecule has 1 unspecified atom stereocenters. The van der Waals surface area contributed by atoms with Crippen LogP contribution in [0.15, 0.2) is 0 Å². The molecule has 0 aromatic carbocycles. The van der Waals surface area contributed by atoms with Gasteiger partial charge in [0.15, 0.2) is 0 Å². The van der Waals surface area contributed by atoms with Crippen LogP contribution in [0.3, 0.4) is 0 Å². The quantitative estimate of drug-likeness (QED) is 0.530. The summed E-state index contributed by atoms with van der Waals surface area (Å²) in [5.41, 5.74) is 0. The van der Waals surface area contributed by atoms with Crippen molar-refractivity contribution in [2.45, 2.75) is 96.7 Å². The Morgan fingerprint density at radius 3 is 2.30 bits per heavy atom. The lowest BCUT2D eigenvalue weighted by Crippen LogP contribution is -2.18. The molecule has 116 valence electrons. The molecule has 0 saturated heterocycles. The summed E-state index contributed by atoms with van der Waals surface area (Å²) in [4.78, 5) is 11.7.